The SMILES string of the molecule is COc1ccsc1C(=O)Nc1c(OC)cccc1C(N)=S. The van der Waals surface area contributed by atoms with Crippen molar-refractivity contribution in [2.45, 2.75) is 0 Å². The van der Waals surface area contributed by atoms with Crippen molar-refractivity contribution in [1.29, 1.82) is 0 Å². The van der Waals surface area contributed by atoms with Crippen LogP contribution >= 0.6 is 23.6 Å². The van der Waals surface area contributed by atoms with E-state index in [2.05, 4.69) is 5.32 Å². The Bertz CT molecular complexity index is 683. The van der Waals surface area contributed by atoms with Gasteiger partial charge in [0.05, 0.1) is 19.9 Å². The van der Waals surface area contributed by atoms with Crippen LogP contribution in [0.1, 0.15) is 15.2 Å². The number of anilines is 1. The third kappa shape index (κ3) is 3.14. The van der Waals surface area contributed by atoms with Crippen LogP contribution in [0.4, 0.5) is 5.69 Å². The molecule has 3 N–H and O–H groups in total. The number of rotatable bonds is 5. The number of thiocarbonyl (C=S) groups is 1. The van der Waals surface area contributed by atoms with Crippen molar-refractivity contribution in [2.24, 2.45) is 5.73 Å². The number of amides is 1. The Balaban J connectivity index is 2.39. The van der Waals surface area contributed by atoms with E-state index in [0.717, 1.165) is 0 Å². The van der Waals surface area contributed by atoms with Gasteiger partial charge in [-0.05, 0) is 23.6 Å². The molecule has 1 aromatic carbocycles. The first-order valence-corrected chi connectivity index (χ1v) is 7.27. The molecule has 0 radical (unpaired) electrons. The number of nitrogens with two attached hydrogens (primary N) is 1. The summed E-state index contributed by atoms with van der Waals surface area (Å²) in [5.74, 6) is 0.706. The van der Waals surface area contributed by atoms with Gasteiger partial charge in [-0.3, -0.25) is 4.79 Å². The van der Waals surface area contributed by atoms with Crippen LogP contribution < -0.4 is 20.5 Å². The minimum Gasteiger partial charge on any atom is -0.495 e. The van der Waals surface area contributed by atoms with Crippen molar-refractivity contribution < 1.29 is 14.3 Å². The second-order valence-electron chi connectivity index (χ2n) is 4.02. The molecule has 0 aliphatic rings. The molecule has 5 nitrogen and oxygen atoms in total. The van der Waals surface area contributed by atoms with E-state index in [0.29, 0.717) is 27.6 Å². The van der Waals surface area contributed by atoms with E-state index >= 15 is 0 Å². The fraction of sp³-hybridized carbons (Fsp3) is 0.143. The largest absolute Gasteiger partial charge is 0.495 e. The van der Waals surface area contributed by atoms with Crippen molar-refractivity contribution in [3.8, 4) is 11.5 Å². The average Bonchev–Trinajstić information content (AvgIpc) is 2.95. The molecule has 0 aliphatic heterocycles. The van der Waals surface area contributed by atoms with Gasteiger partial charge in [-0.15, -0.1) is 11.3 Å². The minimum absolute atomic E-state index is 0.183. The highest BCUT2D eigenvalue weighted by atomic mass is 32.1. The molecule has 0 spiro atoms. The lowest BCUT2D eigenvalue weighted by molar-refractivity contribution is 0.102. The van der Waals surface area contributed by atoms with Crippen molar-refractivity contribution in [2.75, 3.05) is 19.5 Å². The van der Waals surface area contributed by atoms with Crippen LogP contribution in [0.3, 0.4) is 0 Å². The lowest BCUT2D eigenvalue weighted by Gasteiger charge is -2.14. The number of carbonyl (C=O) groups is 1. The quantitative estimate of drug-likeness (QED) is 0.828. The number of benzene rings is 1. The zero-order chi connectivity index (χ0) is 15.4. The predicted molar refractivity (Wildman–Crippen MR) is 87.7 cm³/mol. The topological polar surface area (TPSA) is 73.6 Å². The van der Waals surface area contributed by atoms with Gasteiger partial charge in [0.1, 0.15) is 21.4 Å². The molecule has 0 atom stereocenters. The number of ether oxygens (including phenoxy) is 2. The maximum Gasteiger partial charge on any atom is 0.269 e. The Morgan fingerprint density at radius 1 is 1.24 bits per heavy atom. The van der Waals surface area contributed by atoms with E-state index in [1.54, 1.807) is 29.6 Å². The molecule has 0 saturated carbocycles. The Morgan fingerprint density at radius 2 is 1.95 bits per heavy atom. The first-order chi connectivity index (χ1) is 10.1. The number of hydrogen-bond acceptors (Lipinski definition) is 5. The summed E-state index contributed by atoms with van der Waals surface area (Å²) < 4.78 is 10.4. The normalized spacial score (nSPS) is 10.0. The van der Waals surface area contributed by atoms with Crippen LogP contribution in [0.2, 0.25) is 0 Å². The van der Waals surface area contributed by atoms with Crippen LogP contribution in [-0.2, 0) is 0 Å². The van der Waals surface area contributed by atoms with Crippen LogP contribution in [-0.4, -0.2) is 25.1 Å². The molecule has 2 aromatic rings. The number of para-hydroxylation sites is 1. The van der Waals surface area contributed by atoms with Crippen LogP contribution in [0.25, 0.3) is 0 Å². The molecule has 1 amide bonds. The molecule has 0 fully saturated rings. The summed E-state index contributed by atoms with van der Waals surface area (Å²) in [5.41, 5.74) is 6.69. The molecule has 7 heteroatoms. The Hall–Kier alpha value is -2.12. The van der Waals surface area contributed by atoms with E-state index in [-0.39, 0.29) is 10.9 Å². The van der Waals surface area contributed by atoms with Gasteiger partial charge in [-0.1, -0.05) is 18.3 Å². The number of thiophene rings is 1. The first-order valence-electron chi connectivity index (χ1n) is 5.98. The molecule has 0 aliphatic carbocycles. The van der Waals surface area contributed by atoms with Gasteiger partial charge in [-0.25, -0.2) is 0 Å². The molecule has 21 heavy (non-hydrogen) atoms. The highest BCUT2D eigenvalue weighted by Gasteiger charge is 2.18. The lowest BCUT2D eigenvalue weighted by Crippen LogP contribution is -2.18. The average molecular weight is 322 g/mol. The summed E-state index contributed by atoms with van der Waals surface area (Å²) in [7, 11) is 3.03. The first kappa shape index (κ1) is 15.3. The zero-order valence-corrected chi connectivity index (χ0v) is 13.1. The van der Waals surface area contributed by atoms with Crippen LogP contribution in [0, 0.1) is 0 Å². The summed E-state index contributed by atoms with van der Waals surface area (Å²) >= 11 is 6.29. The Morgan fingerprint density at radius 3 is 2.57 bits per heavy atom. The van der Waals surface area contributed by atoms with Gasteiger partial charge in [0.2, 0.25) is 0 Å². The van der Waals surface area contributed by atoms with Gasteiger partial charge >= 0.3 is 0 Å². The Labute approximate surface area is 131 Å². The zero-order valence-electron chi connectivity index (χ0n) is 11.5. The minimum atomic E-state index is -0.302. The number of nitrogens with one attached hydrogen (secondary N) is 1. The molecule has 0 bridgehead atoms. The predicted octanol–water partition coefficient (Wildman–Crippen LogP) is 2.65. The van der Waals surface area contributed by atoms with E-state index < -0.39 is 0 Å². The summed E-state index contributed by atoms with van der Waals surface area (Å²) in [5, 5.41) is 4.57. The molecule has 0 unspecified atom stereocenters. The van der Waals surface area contributed by atoms with Crippen LogP contribution in [0.5, 0.6) is 11.5 Å². The second-order valence-corrected chi connectivity index (χ2v) is 5.38. The third-order valence-corrected chi connectivity index (χ3v) is 3.92. The summed E-state index contributed by atoms with van der Waals surface area (Å²) in [6.45, 7) is 0. The highest BCUT2D eigenvalue weighted by molar-refractivity contribution is 7.80. The molecule has 110 valence electrons. The monoisotopic (exact) mass is 322 g/mol. The fourth-order valence-electron chi connectivity index (χ4n) is 1.83. The van der Waals surface area contributed by atoms with Crippen LogP contribution in [0.15, 0.2) is 29.6 Å². The highest BCUT2D eigenvalue weighted by Crippen LogP contribution is 2.31. The summed E-state index contributed by atoms with van der Waals surface area (Å²) in [6.07, 6.45) is 0. The maximum atomic E-state index is 12.4. The van der Waals surface area contributed by atoms with Gasteiger partial charge in [0, 0.05) is 5.56 Å². The number of carbonyl (C=O) groups excluding carboxylic acids is 1. The van der Waals surface area contributed by atoms with Crippen molar-refractivity contribution in [3.05, 3.63) is 40.1 Å². The van der Waals surface area contributed by atoms with E-state index in [1.807, 2.05) is 0 Å². The summed E-state index contributed by atoms with van der Waals surface area (Å²) in [6, 6.07) is 6.94. The third-order valence-electron chi connectivity index (χ3n) is 2.81. The second kappa shape index (κ2) is 6.55. The van der Waals surface area contributed by atoms with Gasteiger partial charge < -0.3 is 20.5 Å². The maximum absolute atomic E-state index is 12.4. The van der Waals surface area contributed by atoms with E-state index in [1.165, 1.54) is 25.6 Å². The van der Waals surface area contributed by atoms with Gasteiger partial charge in [-0.2, -0.15) is 0 Å². The van der Waals surface area contributed by atoms with E-state index in [4.69, 9.17) is 27.4 Å². The van der Waals surface area contributed by atoms with Gasteiger partial charge in [0.25, 0.3) is 5.91 Å². The Kier molecular flexibility index (Phi) is 4.77. The smallest absolute Gasteiger partial charge is 0.269 e. The lowest BCUT2D eigenvalue weighted by atomic mass is 10.1. The standard InChI is InChI=1S/C14H14N2O3S2/c1-18-9-5-3-4-8(13(15)20)11(9)16-14(17)12-10(19-2)6-7-21-12/h3-7H,1-2H3,(H2,15,20)(H,16,17). The number of hydrogen-bond donors (Lipinski definition) is 2. The fourth-order valence-corrected chi connectivity index (χ4v) is 2.75. The molecular formula is C14H14N2O3S2. The number of methoxy groups -OCH3 is 2. The van der Waals surface area contributed by atoms with Crippen molar-refractivity contribution in [1.82, 2.24) is 0 Å². The molecule has 1 aromatic heterocycles. The molecule has 1 heterocycles. The van der Waals surface area contributed by atoms with Crippen molar-refractivity contribution in [3.63, 3.8) is 0 Å². The summed E-state index contributed by atoms with van der Waals surface area (Å²) in [4.78, 5) is 13.0. The molecule has 2 rings (SSSR count). The van der Waals surface area contributed by atoms with Crippen molar-refractivity contribution >= 4 is 40.1 Å². The molecule has 0 saturated heterocycles. The van der Waals surface area contributed by atoms with E-state index in [9.17, 15) is 4.79 Å². The molecular weight excluding hydrogens is 308 g/mol. The van der Waals surface area contributed by atoms with Gasteiger partial charge in [0.15, 0.2) is 0 Å².